The highest BCUT2D eigenvalue weighted by molar-refractivity contribution is 5.91. The molecule has 4 nitrogen and oxygen atoms in total. The van der Waals surface area contributed by atoms with Gasteiger partial charge in [-0.2, -0.15) is 13.2 Å². The number of amides is 1. The number of carbonyl (C=O) groups excluding carboxylic acids is 1. The molecular formula is C21H25F4N3O+2. The first-order chi connectivity index (χ1) is 13.7. The quantitative estimate of drug-likeness (QED) is 0.633. The number of aryl methyl sites for hydroxylation is 1. The molecule has 0 saturated carbocycles. The number of carbonyl (C=O) groups is 1. The Morgan fingerprint density at radius 1 is 1.03 bits per heavy atom. The summed E-state index contributed by atoms with van der Waals surface area (Å²) in [7, 11) is 0. The summed E-state index contributed by atoms with van der Waals surface area (Å²) in [4.78, 5) is 14.5. The third-order valence-corrected chi connectivity index (χ3v) is 5.18. The molecule has 0 spiro atoms. The second kappa shape index (κ2) is 8.92. The van der Waals surface area contributed by atoms with Gasteiger partial charge in [-0.25, -0.2) is 4.39 Å². The molecular weight excluding hydrogens is 386 g/mol. The van der Waals surface area contributed by atoms with Crippen molar-refractivity contribution in [1.82, 2.24) is 0 Å². The third-order valence-electron chi connectivity index (χ3n) is 5.18. The minimum Gasteiger partial charge on any atom is -0.322 e. The summed E-state index contributed by atoms with van der Waals surface area (Å²) in [5, 5.41) is 2.61. The van der Waals surface area contributed by atoms with Crippen molar-refractivity contribution >= 4 is 11.6 Å². The lowest BCUT2D eigenvalue weighted by Gasteiger charge is -2.29. The smallest absolute Gasteiger partial charge is 0.322 e. The molecule has 29 heavy (non-hydrogen) atoms. The number of piperazine rings is 1. The number of alkyl halides is 3. The van der Waals surface area contributed by atoms with E-state index >= 15 is 0 Å². The van der Waals surface area contributed by atoms with Crippen molar-refractivity contribution in [3.63, 3.8) is 0 Å². The summed E-state index contributed by atoms with van der Waals surface area (Å²) >= 11 is 0. The molecule has 0 bridgehead atoms. The Morgan fingerprint density at radius 2 is 1.72 bits per heavy atom. The maximum Gasteiger partial charge on any atom is 0.416 e. The van der Waals surface area contributed by atoms with Gasteiger partial charge in [-0.05, 0) is 36.8 Å². The van der Waals surface area contributed by atoms with Crippen molar-refractivity contribution in [3.8, 4) is 0 Å². The van der Waals surface area contributed by atoms with E-state index in [0.29, 0.717) is 12.1 Å². The highest BCUT2D eigenvalue weighted by Gasteiger charge is 2.31. The molecule has 1 aliphatic rings. The fourth-order valence-corrected chi connectivity index (χ4v) is 3.60. The number of quaternary nitrogens is 2. The van der Waals surface area contributed by atoms with Crippen LogP contribution < -0.4 is 15.1 Å². The third kappa shape index (κ3) is 6.01. The van der Waals surface area contributed by atoms with E-state index in [1.165, 1.54) is 23.1 Å². The molecule has 1 heterocycles. The fourth-order valence-electron chi connectivity index (χ4n) is 3.60. The molecule has 1 saturated heterocycles. The Balaban J connectivity index is 1.47. The maximum atomic E-state index is 13.9. The van der Waals surface area contributed by atoms with Crippen molar-refractivity contribution < 1.29 is 32.2 Å². The van der Waals surface area contributed by atoms with E-state index in [9.17, 15) is 22.4 Å². The number of anilines is 1. The summed E-state index contributed by atoms with van der Waals surface area (Å²) in [5.41, 5.74) is 0.990. The molecule has 0 aromatic heterocycles. The van der Waals surface area contributed by atoms with Gasteiger partial charge in [0.15, 0.2) is 6.54 Å². The molecule has 0 atom stereocenters. The van der Waals surface area contributed by atoms with Crippen LogP contribution in [0.25, 0.3) is 0 Å². The fraction of sp³-hybridized carbons (Fsp3) is 0.381. The topological polar surface area (TPSA) is 38.0 Å². The van der Waals surface area contributed by atoms with Crippen molar-refractivity contribution in [1.29, 1.82) is 0 Å². The number of hydrogen-bond acceptors (Lipinski definition) is 1. The van der Waals surface area contributed by atoms with Crippen LogP contribution in [0.15, 0.2) is 42.5 Å². The molecule has 0 aliphatic carbocycles. The average molecular weight is 411 g/mol. The van der Waals surface area contributed by atoms with Crippen LogP contribution in [-0.2, 0) is 17.5 Å². The van der Waals surface area contributed by atoms with E-state index in [4.69, 9.17) is 0 Å². The molecule has 0 radical (unpaired) electrons. The van der Waals surface area contributed by atoms with Crippen LogP contribution in [0.4, 0.5) is 23.2 Å². The summed E-state index contributed by atoms with van der Waals surface area (Å²) < 4.78 is 52.4. The summed E-state index contributed by atoms with van der Waals surface area (Å²) in [6, 6.07) is 10.1. The van der Waals surface area contributed by atoms with E-state index in [1.54, 1.807) is 25.1 Å². The van der Waals surface area contributed by atoms with Gasteiger partial charge in [0.2, 0.25) is 0 Å². The zero-order valence-corrected chi connectivity index (χ0v) is 16.2. The Hall–Kier alpha value is -2.45. The van der Waals surface area contributed by atoms with E-state index in [0.717, 1.165) is 42.7 Å². The summed E-state index contributed by atoms with van der Waals surface area (Å²) in [5.74, 6) is -0.701. The Kier molecular flexibility index (Phi) is 6.54. The molecule has 3 N–H and O–H groups in total. The van der Waals surface area contributed by atoms with Gasteiger partial charge in [-0.1, -0.05) is 18.2 Å². The molecule has 156 valence electrons. The van der Waals surface area contributed by atoms with Gasteiger partial charge in [-0.3, -0.25) is 4.79 Å². The van der Waals surface area contributed by atoms with E-state index in [1.807, 2.05) is 0 Å². The predicted octanol–water partition coefficient (Wildman–Crippen LogP) is 1.08. The standard InChI is InChI=1S/C21H23F4N3O/c1-15-5-6-19(18(22)11-15)26-20(29)14-28-9-7-27(8-10-28)13-16-3-2-4-17(12-16)21(23,24)25/h2-6,11-12H,7-10,13-14H2,1H3,(H,26,29)/p+2. The van der Waals surface area contributed by atoms with E-state index in [2.05, 4.69) is 5.32 Å². The lowest BCUT2D eigenvalue weighted by atomic mass is 10.1. The van der Waals surface area contributed by atoms with Crippen molar-refractivity contribution in [3.05, 3.63) is 65.0 Å². The largest absolute Gasteiger partial charge is 0.416 e. The Bertz CT molecular complexity index is 861. The van der Waals surface area contributed by atoms with E-state index < -0.39 is 17.6 Å². The first-order valence-electron chi connectivity index (χ1n) is 9.60. The molecule has 2 aromatic rings. The second-order valence-electron chi connectivity index (χ2n) is 7.58. The van der Waals surface area contributed by atoms with Gasteiger partial charge in [0.05, 0.1) is 11.3 Å². The molecule has 1 fully saturated rings. The van der Waals surface area contributed by atoms with Crippen LogP contribution in [0.2, 0.25) is 0 Å². The molecule has 0 unspecified atom stereocenters. The Morgan fingerprint density at radius 3 is 2.38 bits per heavy atom. The Labute approximate surface area is 167 Å². The minimum atomic E-state index is -4.33. The van der Waals surface area contributed by atoms with Gasteiger partial charge in [0.1, 0.15) is 38.5 Å². The summed E-state index contributed by atoms with van der Waals surface area (Å²) in [6.07, 6.45) is -4.33. The van der Waals surface area contributed by atoms with Gasteiger partial charge < -0.3 is 15.1 Å². The number of nitrogens with one attached hydrogen (secondary N) is 3. The average Bonchev–Trinajstić information content (AvgIpc) is 2.65. The summed E-state index contributed by atoms with van der Waals surface area (Å²) in [6.45, 7) is 5.54. The molecule has 2 aromatic carbocycles. The molecule has 1 aliphatic heterocycles. The predicted molar refractivity (Wildman–Crippen MR) is 101 cm³/mol. The first kappa shape index (κ1) is 21.3. The first-order valence-corrected chi connectivity index (χ1v) is 9.60. The van der Waals surface area contributed by atoms with Gasteiger partial charge in [0.25, 0.3) is 5.91 Å². The second-order valence-corrected chi connectivity index (χ2v) is 7.58. The lowest BCUT2D eigenvalue weighted by Crippen LogP contribution is -3.28. The number of halogens is 4. The van der Waals surface area contributed by atoms with Crippen LogP contribution in [0, 0.1) is 12.7 Å². The van der Waals surface area contributed by atoms with Gasteiger partial charge in [0, 0.05) is 5.56 Å². The zero-order chi connectivity index (χ0) is 21.0. The highest BCUT2D eigenvalue weighted by atomic mass is 19.4. The van der Waals surface area contributed by atoms with E-state index in [-0.39, 0.29) is 18.1 Å². The molecule has 1 amide bonds. The van der Waals surface area contributed by atoms with Crippen LogP contribution in [0.5, 0.6) is 0 Å². The van der Waals surface area contributed by atoms with Crippen LogP contribution in [-0.4, -0.2) is 38.6 Å². The van der Waals surface area contributed by atoms with Crippen LogP contribution in [0.3, 0.4) is 0 Å². The van der Waals surface area contributed by atoms with Gasteiger partial charge >= 0.3 is 6.18 Å². The maximum absolute atomic E-state index is 13.9. The van der Waals surface area contributed by atoms with Crippen molar-refractivity contribution in [2.24, 2.45) is 0 Å². The van der Waals surface area contributed by atoms with Crippen molar-refractivity contribution in [2.45, 2.75) is 19.6 Å². The SMILES string of the molecule is Cc1ccc(NC(=O)C[NH+]2CC[NH+](Cc3cccc(C(F)(F)F)c3)CC2)c(F)c1. The highest BCUT2D eigenvalue weighted by Crippen LogP contribution is 2.29. The zero-order valence-electron chi connectivity index (χ0n) is 16.2. The molecule has 3 rings (SSSR count). The number of benzene rings is 2. The number of rotatable bonds is 5. The minimum absolute atomic E-state index is 0.175. The van der Waals surface area contributed by atoms with Crippen molar-refractivity contribution in [2.75, 3.05) is 38.0 Å². The monoisotopic (exact) mass is 411 g/mol. The molecule has 8 heteroatoms. The number of hydrogen-bond donors (Lipinski definition) is 3. The normalized spacial score (nSPS) is 19.8. The lowest BCUT2D eigenvalue weighted by molar-refractivity contribution is -1.02. The van der Waals surface area contributed by atoms with Crippen LogP contribution in [0.1, 0.15) is 16.7 Å². The van der Waals surface area contributed by atoms with Gasteiger partial charge in [-0.15, -0.1) is 0 Å². The van der Waals surface area contributed by atoms with Crippen LogP contribution >= 0.6 is 0 Å².